The first-order chi connectivity index (χ1) is 13.8. The summed E-state index contributed by atoms with van der Waals surface area (Å²) in [7, 11) is -2.30. The SMILES string of the molecule is CC(C)(C)[Si](C)(C)O[C@H]1[C@@H](F)[C@H](n2ccc(N)nc2=O)O[C@@H]1CO[P+]1(S)SCCS1. The molecule has 0 bridgehead atoms. The van der Waals surface area contributed by atoms with E-state index in [2.05, 4.69) is 38.8 Å². The number of halogens is 1. The Balaban J connectivity index is 1.85. The molecule has 1 aromatic heterocycles. The van der Waals surface area contributed by atoms with Crippen molar-refractivity contribution in [3.63, 3.8) is 0 Å². The molecule has 0 unspecified atom stereocenters. The third kappa shape index (κ3) is 5.39. The van der Waals surface area contributed by atoms with Gasteiger partial charge in [0.15, 0.2) is 20.7 Å². The van der Waals surface area contributed by atoms with Crippen molar-refractivity contribution in [1.29, 1.82) is 0 Å². The first-order valence-electron chi connectivity index (χ1n) is 9.70. The van der Waals surface area contributed by atoms with E-state index in [9.17, 15) is 4.79 Å². The second-order valence-electron chi connectivity index (χ2n) is 8.83. The highest BCUT2D eigenvalue weighted by atomic mass is 33.4. The smallest absolute Gasteiger partial charge is 0.351 e. The van der Waals surface area contributed by atoms with Crippen LogP contribution in [0.3, 0.4) is 0 Å². The molecular weight excluding hydrogens is 484 g/mol. The molecule has 13 heteroatoms. The minimum atomic E-state index is -2.30. The van der Waals surface area contributed by atoms with Crippen LogP contribution in [0, 0.1) is 0 Å². The second-order valence-corrected chi connectivity index (χ2v) is 24.8. The summed E-state index contributed by atoms with van der Waals surface area (Å²) in [6, 6.07) is 1.45. The predicted molar refractivity (Wildman–Crippen MR) is 131 cm³/mol. The van der Waals surface area contributed by atoms with Crippen LogP contribution in [-0.2, 0) is 13.7 Å². The number of anilines is 1. The largest absolute Gasteiger partial charge is 0.408 e. The third-order valence-corrected chi connectivity index (χ3v) is 20.3. The van der Waals surface area contributed by atoms with Gasteiger partial charge in [0, 0.05) is 17.7 Å². The fraction of sp³-hybridized carbons (Fsp3) is 0.765. The lowest BCUT2D eigenvalue weighted by Crippen LogP contribution is -2.49. The molecule has 7 nitrogen and oxygen atoms in total. The molecule has 4 atom stereocenters. The van der Waals surface area contributed by atoms with Gasteiger partial charge in [-0.1, -0.05) is 20.8 Å². The zero-order chi connectivity index (χ0) is 22.3. The van der Waals surface area contributed by atoms with Crippen LogP contribution in [0.4, 0.5) is 10.2 Å². The molecule has 2 aliphatic rings. The van der Waals surface area contributed by atoms with E-state index >= 15 is 4.39 Å². The molecule has 0 radical (unpaired) electrons. The van der Waals surface area contributed by atoms with Crippen LogP contribution in [0.15, 0.2) is 17.1 Å². The van der Waals surface area contributed by atoms with Gasteiger partial charge in [-0.15, -0.1) is 0 Å². The number of nitrogens with zero attached hydrogens (tertiary/aromatic N) is 2. The van der Waals surface area contributed by atoms with E-state index in [-0.39, 0.29) is 17.5 Å². The summed E-state index contributed by atoms with van der Waals surface area (Å²) >= 11 is 8.12. The van der Waals surface area contributed by atoms with Gasteiger partial charge in [-0.3, -0.25) is 4.57 Å². The number of hydrogen-bond acceptors (Lipinski definition) is 9. The molecule has 0 saturated carbocycles. The lowest BCUT2D eigenvalue weighted by molar-refractivity contribution is -0.0415. The summed E-state index contributed by atoms with van der Waals surface area (Å²) < 4.78 is 35.3. The van der Waals surface area contributed by atoms with Crippen molar-refractivity contribution in [1.82, 2.24) is 9.55 Å². The molecule has 2 fully saturated rings. The van der Waals surface area contributed by atoms with Crippen LogP contribution in [0.1, 0.15) is 27.0 Å². The highest BCUT2D eigenvalue weighted by molar-refractivity contribution is 9.15. The Morgan fingerprint density at radius 3 is 2.63 bits per heavy atom. The summed E-state index contributed by atoms with van der Waals surface area (Å²) in [5, 5.41) is -2.03. The molecule has 0 amide bonds. The van der Waals surface area contributed by atoms with Crippen molar-refractivity contribution < 1.29 is 18.1 Å². The van der Waals surface area contributed by atoms with E-state index in [0.717, 1.165) is 16.1 Å². The molecule has 0 aromatic carbocycles. The minimum absolute atomic E-state index is 0.0794. The second kappa shape index (κ2) is 9.21. The van der Waals surface area contributed by atoms with E-state index in [1.807, 2.05) is 0 Å². The van der Waals surface area contributed by atoms with E-state index in [1.54, 1.807) is 22.8 Å². The Morgan fingerprint density at radius 1 is 1.43 bits per heavy atom. The summed E-state index contributed by atoms with van der Waals surface area (Å²) in [4.78, 5) is 16.0. The first kappa shape index (κ1) is 24.8. The van der Waals surface area contributed by atoms with Gasteiger partial charge in [0.05, 0.1) is 35.0 Å². The molecule has 170 valence electrons. The standard InChI is InChI=1S/C17H29FN3O4PS3Si/c1-17(2,3)30(4,5)25-14-11(10-23-26(27)28-8-9-29-26)24-15(13(14)18)21-7-6-12(19)20-16(21)22/h6-7,11,13-15,27H,8-10H2,1-5H3,(H-,19,20,22)/p+1/t11-,13-,14-,15-/m1/s1. The average molecular weight is 515 g/mol. The van der Waals surface area contributed by atoms with Crippen molar-refractivity contribution in [3.8, 4) is 0 Å². The molecule has 1 aromatic rings. The van der Waals surface area contributed by atoms with Crippen LogP contribution in [0.2, 0.25) is 18.1 Å². The molecule has 0 spiro atoms. The monoisotopic (exact) mass is 514 g/mol. The van der Waals surface area contributed by atoms with Gasteiger partial charge in [-0.2, -0.15) is 9.51 Å². The van der Waals surface area contributed by atoms with E-state index in [4.69, 9.17) is 31.7 Å². The zero-order valence-corrected chi connectivity index (χ0v) is 22.2. The summed E-state index contributed by atoms with van der Waals surface area (Å²) in [6.07, 6.45) is -2.79. The average Bonchev–Trinajstić information content (AvgIpc) is 3.18. The summed E-state index contributed by atoms with van der Waals surface area (Å²) in [5.74, 6) is 2.05. The molecule has 2 saturated heterocycles. The van der Waals surface area contributed by atoms with Gasteiger partial charge < -0.3 is 14.9 Å². The van der Waals surface area contributed by atoms with Crippen LogP contribution < -0.4 is 11.4 Å². The molecule has 3 rings (SSSR count). The summed E-state index contributed by atoms with van der Waals surface area (Å²) in [5.41, 5.74) is 4.91. The number of nitrogen functional groups attached to an aromatic ring is 1. The Hall–Kier alpha value is 0.187. The fourth-order valence-corrected chi connectivity index (χ4v) is 13.3. The van der Waals surface area contributed by atoms with Crippen molar-refractivity contribution in [3.05, 3.63) is 22.7 Å². The molecular formula is C17H30FN3O4PS3Si+. The van der Waals surface area contributed by atoms with Crippen LogP contribution in [-0.4, -0.2) is 54.4 Å². The van der Waals surface area contributed by atoms with Crippen LogP contribution >= 0.6 is 40.1 Å². The van der Waals surface area contributed by atoms with Gasteiger partial charge in [0.25, 0.3) is 0 Å². The lowest BCUT2D eigenvalue weighted by Gasteiger charge is -2.39. The van der Waals surface area contributed by atoms with Crippen LogP contribution in [0.25, 0.3) is 0 Å². The van der Waals surface area contributed by atoms with Gasteiger partial charge in [0.2, 0.25) is 0 Å². The van der Waals surface area contributed by atoms with E-state index in [1.165, 1.54) is 12.3 Å². The number of ether oxygens (including phenoxy) is 1. The van der Waals surface area contributed by atoms with E-state index < -0.39 is 43.7 Å². The highest BCUT2D eigenvalue weighted by Crippen LogP contribution is 2.87. The molecule has 2 aliphatic heterocycles. The Bertz CT molecular complexity index is 822. The number of alkyl halides is 1. The molecule has 0 aliphatic carbocycles. The Kier molecular flexibility index (Phi) is 7.62. The van der Waals surface area contributed by atoms with Crippen LogP contribution in [0.5, 0.6) is 0 Å². The van der Waals surface area contributed by atoms with Gasteiger partial charge in [-0.25, -0.2) is 9.18 Å². The maximum absolute atomic E-state index is 15.7. The van der Waals surface area contributed by atoms with Crippen molar-refractivity contribution in [2.24, 2.45) is 0 Å². The number of aromatic nitrogens is 2. The highest BCUT2D eigenvalue weighted by Gasteiger charge is 2.54. The van der Waals surface area contributed by atoms with Gasteiger partial charge in [-0.05, 0) is 24.2 Å². The predicted octanol–water partition coefficient (Wildman–Crippen LogP) is 4.56. The summed E-state index contributed by atoms with van der Waals surface area (Å²) in [6.45, 7) is 10.6. The topological polar surface area (TPSA) is 88.6 Å². The van der Waals surface area contributed by atoms with Gasteiger partial charge >= 0.3 is 10.8 Å². The maximum atomic E-state index is 15.7. The Labute approximate surface area is 191 Å². The minimum Gasteiger partial charge on any atom is -0.408 e. The Morgan fingerprint density at radius 2 is 2.07 bits per heavy atom. The molecule has 2 N–H and O–H groups in total. The van der Waals surface area contributed by atoms with Gasteiger partial charge in [0.1, 0.15) is 24.6 Å². The third-order valence-electron chi connectivity index (χ3n) is 5.62. The zero-order valence-electron chi connectivity index (χ0n) is 17.8. The first-order valence-corrected chi connectivity index (χ1v) is 18.7. The molecule has 30 heavy (non-hydrogen) atoms. The number of rotatable bonds is 6. The normalized spacial score (nSPS) is 29.4. The number of hydrogen-bond donors (Lipinski definition) is 2. The van der Waals surface area contributed by atoms with E-state index in [0.29, 0.717) is 0 Å². The number of nitrogens with two attached hydrogens (primary N) is 1. The lowest BCUT2D eigenvalue weighted by atomic mass is 10.1. The maximum Gasteiger partial charge on any atom is 0.351 e. The quantitative estimate of drug-likeness (QED) is 0.325. The van der Waals surface area contributed by atoms with Crippen molar-refractivity contribution in [2.75, 3.05) is 23.8 Å². The van der Waals surface area contributed by atoms with Crippen molar-refractivity contribution >= 4 is 54.2 Å². The number of thiol groups is 1. The molecule has 3 heterocycles. The van der Waals surface area contributed by atoms with Crippen molar-refractivity contribution in [2.45, 2.75) is 63.5 Å². The fourth-order valence-electron chi connectivity index (χ4n) is 2.91.